The predicted molar refractivity (Wildman–Crippen MR) is 85.6 cm³/mol. The fourth-order valence-electron chi connectivity index (χ4n) is 2.14. The molecular formula is C16H22N4O2. The third kappa shape index (κ3) is 4.08. The van der Waals surface area contributed by atoms with Crippen molar-refractivity contribution in [3.8, 4) is 0 Å². The largest absolute Gasteiger partial charge is 0.384 e. The summed E-state index contributed by atoms with van der Waals surface area (Å²) in [5.74, 6) is 0.638. The third-order valence-corrected chi connectivity index (χ3v) is 3.38. The van der Waals surface area contributed by atoms with Gasteiger partial charge in [0.25, 0.3) is 0 Å². The Kier molecular flexibility index (Phi) is 5.16. The van der Waals surface area contributed by atoms with Gasteiger partial charge in [0.05, 0.1) is 12.7 Å². The summed E-state index contributed by atoms with van der Waals surface area (Å²) in [4.78, 5) is 12.0. The molecule has 2 aromatic rings. The minimum atomic E-state index is -1.12. The van der Waals surface area contributed by atoms with Crippen LogP contribution < -0.4 is 10.6 Å². The van der Waals surface area contributed by atoms with E-state index in [1.54, 1.807) is 23.9 Å². The van der Waals surface area contributed by atoms with Crippen molar-refractivity contribution in [1.82, 2.24) is 15.1 Å². The van der Waals surface area contributed by atoms with E-state index in [2.05, 4.69) is 15.7 Å². The van der Waals surface area contributed by atoms with E-state index in [0.717, 1.165) is 18.5 Å². The average Bonchev–Trinajstić information content (AvgIpc) is 2.94. The highest BCUT2D eigenvalue weighted by Gasteiger charge is 2.23. The summed E-state index contributed by atoms with van der Waals surface area (Å²) in [6, 6.07) is 10.6. The molecule has 118 valence electrons. The molecule has 0 bridgehead atoms. The SMILES string of the molecule is CCCn1nccc1NC(=O)NCC(C)(O)c1ccccc1. The van der Waals surface area contributed by atoms with E-state index in [1.165, 1.54) is 0 Å². The van der Waals surface area contributed by atoms with Crippen LogP contribution in [0.5, 0.6) is 0 Å². The summed E-state index contributed by atoms with van der Waals surface area (Å²) in [6.45, 7) is 4.57. The highest BCUT2D eigenvalue weighted by atomic mass is 16.3. The zero-order valence-corrected chi connectivity index (χ0v) is 12.9. The number of nitrogens with zero attached hydrogens (tertiary/aromatic N) is 2. The Hall–Kier alpha value is -2.34. The van der Waals surface area contributed by atoms with Gasteiger partial charge in [-0.1, -0.05) is 37.3 Å². The Labute approximate surface area is 130 Å². The lowest BCUT2D eigenvalue weighted by Crippen LogP contribution is -2.40. The highest BCUT2D eigenvalue weighted by Crippen LogP contribution is 2.19. The smallest absolute Gasteiger partial charge is 0.320 e. The van der Waals surface area contributed by atoms with Gasteiger partial charge in [0, 0.05) is 12.6 Å². The van der Waals surface area contributed by atoms with Gasteiger partial charge >= 0.3 is 6.03 Å². The van der Waals surface area contributed by atoms with Gasteiger partial charge in [-0.05, 0) is 18.9 Å². The molecule has 22 heavy (non-hydrogen) atoms. The molecule has 2 rings (SSSR count). The lowest BCUT2D eigenvalue weighted by atomic mass is 9.96. The molecular weight excluding hydrogens is 280 g/mol. The molecule has 6 nitrogen and oxygen atoms in total. The maximum Gasteiger partial charge on any atom is 0.320 e. The molecule has 2 amide bonds. The van der Waals surface area contributed by atoms with E-state index < -0.39 is 5.60 Å². The molecule has 0 saturated heterocycles. The van der Waals surface area contributed by atoms with Crippen molar-refractivity contribution < 1.29 is 9.90 Å². The number of hydrogen-bond donors (Lipinski definition) is 3. The van der Waals surface area contributed by atoms with E-state index >= 15 is 0 Å². The van der Waals surface area contributed by atoms with E-state index in [0.29, 0.717) is 5.82 Å². The van der Waals surface area contributed by atoms with Crippen LogP contribution >= 0.6 is 0 Å². The molecule has 0 aliphatic rings. The third-order valence-electron chi connectivity index (χ3n) is 3.38. The van der Waals surface area contributed by atoms with Gasteiger partial charge in [-0.25, -0.2) is 9.48 Å². The van der Waals surface area contributed by atoms with E-state index in [1.807, 2.05) is 37.3 Å². The molecule has 0 fully saturated rings. The number of aliphatic hydroxyl groups is 1. The molecule has 1 aromatic carbocycles. The average molecular weight is 302 g/mol. The molecule has 1 heterocycles. The Morgan fingerprint density at radius 3 is 2.73 bits per heavy atom. The number of hydrogen-bond acceptors (Lipinski definition) is 3. The second-order valence-corrected chi connectivity index (χ2v) is 5.39. The second-order valence-electron chi connectivity index (χ2n) is 5.39. The topological polar surface area (TPSA) is 79.2 Å². The molecule has 3 N–H and O–H groups in total. The molecule has 1 atom stereocenters. The van der Waals surface area contributed by atoms with Gasteiger partial charge in [0.15, 0.2) is 0 Å². The molecule has 0 aliphatic carbocycles. The number of aromatic nitrogens is 2. The summed E-state index contributed by atoms with van der Waals surface area (Å²) in [5.41, 5.74) is -0.367. The summed E-state index contributed by atoms with van der Waals surface area (Å²) < 4.78 is 1.73. The highest BCUT2D eigenvalue weighted by molar-refractivity contribution is 5.88. The maximum atomic E-state index is 12.0. The molecule has 6 heteroatoms. The molecule has 1 unspecified atom stereocenters. The Morgan fingerprint density at radius 1 is 1.32 bits per heavy atom. The Morgan fingerprint density at radius 2 is 2.05 bits per heavy atom. The van der Waals surface area contributed by atoms with Crippen LogP contribution in [0.25, 0.3) is 0 Å². The number of rotatable bonds is 6. The second kappa shape index (κ2) is 7.09. The first-order chi connectivity index (χ1) is 10.5. The predicted octanol–water partition coefficient (Wildman–Crippen LogP) is 2.32. The number of aryl methyl sites for hydroxylation is 1. The summed E-state index contributed by atoms with van der Waals surface area (Å²) >= 11 is 0. The summed E-state index contributed by atoms with van der Waals surface area (Å²) in [6.07, 6.45) is 2.58. The van der Waals surface area contributed by atoms with Crippen molar-refractivity contribution in [1.29, 1.82) is 0 Å². The number of urea groups is 1. The number of benzene rings is 1. The number of amides is 2. The lowest BCUT2D eigenvalue weighted by Gasteiger charge is -2.24. The van der Waals surface area contributed by atoms with E-state index in [4.69, 9.17) is 0 Å². The van der Waals surface area contributed by atoms with Crippen molar-refractivity contribution >= 4 is 11.8 Å². The van der Waals surface area contributed by atoms with Crippen LogP contribution in [-0.2, 0) is 12.1 Å². The van der Waals surface area contributed by atoms with Crippen LogP contribution in [0.1, 0.15) is 25.8 Å². The van der Waals surface area contributed by atoms with Gasteiger partial charge in [0.1, 0.15) is 11.4 Å². The van der Waals surface area contributed by atoms with Crippen LogP contribution in [0, 0.1) is 0 Å². The summed E-state index contributed by atoms with van der Waals surface area (Å²) in [5, 5.41) is 20.0. The monoisotopic (exact) mass is 302 g/mol. The fraction of sp³-hybridized carbons (Fsp3) is 0.375. The van der Waals surface area contributed by atoms with Crippen molar-refractivity contribution in [2.45, 2.75) is 32.4 Å². The van der Waals surface area contributed by atoms with Crippen molar-refractivity contribution in [3.05, 3.63) is 48.2 Å². The quantitative estimate of drug-likeness (QED) is 0.766. The van der Waals surface area contributed by atoms with Gasteiger partial charge in [0.2, 0.25) is 0 Å². The first-order valence-corrected chi connectivity index (χ1v) is 7.37. The van der Waals surface area contributed by atoms with Crippen LogP contribution in [0.3, 0.4) is 0 Å². The van der Waals surface area contributed by atoms with E-state index in [9.17, 15) is 9.90 Å². The zero-order valence-electron chi connectivity index (χ0n) is 12.9. The number of carbonyl (C=O) groups excluding carboxylic acids is 1. The summed E-state index contributed by atoms with van der Waals surface area (Å²) in [7, 11) is 0. The van der Waals surface area contributed by atoms with Crippen molar-refractivity contribution in [2.24, 2.45) is 0 Å². The van der Waals surface area contributed by atoms with E-state index in [-0.39, 0.29) is 12.6 Å². The van der Waals surface area contributed by atoms with Crippen molar-refractivity contribution in [2.75, 3.05) is 11.9 Å². The Bertz CT molecular complexity index is 608. The van der Waals surface area contributed by atoms with Gasteiger partial charge < -0.3 is 10.4 Å². The molecule has 1 aromatic heterocycles. The first kappa shape index (κ1) is 16.0. The minimum absolute atomic E-state index is 0.116. The van der Waals surface area contributed by atoms with Gasteiger partial charge in [-0.2, -0.15) is 5.10 Å². The van der Waals surface area contributed by atoms with Crippen LogP contribution in [0.2, 0.25) is 0 Å². The lowest BCUT2D eigenvalue weighted by molar-refractivity contribution is 0.0599. The maximum absolute atomic E-state index is 12.0. The number of carbonyl (C=O) groups is 1. The first-order valence-electron chi connectivity index (χ1n) is 7.37. The number of nitrogens with one attached hydrogen (secondary N) is 2. The molecule has 0 radical (unpaired) electrons. The van der Waals surface area contributed by atoms with Crippen LogP contribution in [0.15, 0.2) is 42.6 Å². The minimum Gasteiger partial charge on any atom is -0.384 e. The molecule has 0 aliphatic heterocycles. The van der Waals surface area contributed by atoms with Gasteiger partial charge in [-0.15, -0.1) is 0 Å². The van der Waals surface area contributed by atoms with Crippen molar-refractivity contribution in [3.63, 3.8) is 0 Å². The fourth-order valence-corrected chi connectivity index (χ4v) is 2.14. The molecule has 0 saturated carbocycles. The Balaban J connectivity index is 1.91. The van der Waals surface area contributed by atoms with Crippen LogP contribution in [0.4, 0.5) is 10.6 Å². The normalized spacial score (nSPS) is 13.4. The zero-order chi connectivity index (χ0) is 16.0. The molecule has 0 spiro atoms. The van der Waals surface area contributed by atoms with Gasteiger partial charge in [-0.3, -0.25) is 5.32 Å². The number of anilines is 1. The standard InChI is InChI=1S/C16H22N4O2/c1-3-11-20-14(9-10-18-20)19-15(21)17-12-16(2,22)13-7-5-4-6-8-13/h4-10,22H,3,11-12H2,1-2H3,(H2,17,19,21). The van der Waals surface area contributed by atoms with Crippen LogP contribution in [-0.4, -0.2) is 27.5 Å².